The fourth-order valence-corrected chi connectivity index (χ4v) is 2.82. The van der Waals surface area contributed by atoms with E-state index in [2.05, 4.69) is 10.6 Å². The van der Waals surface area contributed by atoms with Crippen LogP contribution in [0.3, 0.4) is 0 Å². The summed E-state index contributed by atoms with van der Waals surface area (Å²) in [5.74, 6) is 1.14. The zero-order chi connectivity index (χ0) is 16.3. The van der Waals surface area contributed by atoms with Crippen LogP contribution in [-0.2, 0) is 4.79 Å². The minimum Gasteiger partial charge on any atom is -0.491 e. The van der Waals surface area contributed by atoms with E-state index >= 15 is 0 Å². The quantitative estimate of drug-likeness (QED) is 0.606. The molecule has 1 aliphatic carbocycles. The predicted molar refractivity (Wildman–Crippen MR) is 90.4 cm³/mol. The summed E-state index contributed by atoms with van der Waals surface area (Å²) in [5, 5.41) is 16.0. The summed E-state index contributed by atoms with van der Waals surface area (Å²) < 4.78 is 5.48. The summed E-state index contributed by atoms with van der Waals surface area (Å²) in [7, 11) is 0. The second-order valence-electron chi connectivity index (χ2n) is 6.11. The van der Waals surface area contributed by atoms with Crippen LogP contribution in [0.1, 0.15) is 32.1 Å². The molecule has 5 nitrogen and oxygen atoms in total. The molecule has 128 valence electrons. The Kier molecular flexibility index (Phi) is 7.90. The van der Waals surface area contributed by atoms with Gasteiger partial charge in [0.05, 0.1) is 0 Å². The molecule has 1 aromatic carbocycles. The molecule has 1 atom stereocenters. The topological polar surface area (TPSA) is 70.6 Å². The van der Waals surface area contributed by atoms with Crippen LogP contribution in [-0.4, -0.2) is 43.4 Å². The Bertz CT molecular complexity index is 447. The van der Waals surface area contributed by atoms with Crippen molar-refractivity contribution in [3.8, 4) is 5.75 Å². The van der Waals surface area contributed by atoms with Crippen molar-refractivity contribution in [2.75, 3.05) is 26.2 Å². The zero-order valence-corrected chi connectivity index (χ0v) is 13.7. The van der Waals surface area contributed by atoms with Crippen LogP contribution < -0.4 is 15.4 Å². The van der Waals surface area contributed by atoms with Gasteiger partial charge in [-0.2, -0.15) is 0 Å². The lowest BCUT2D eigenvalue weighted by Gasteiger charge is -2.20. The number of amides is 1. The molecule has 1 saturated carbocycles. The van der Waals surface area contributed by atoms with Gasteiger partial charge in [0.1, 0.15) is 18.5 Å². The van der Waals surface area contributed by atoms with Crippen molar-refractivity contribution in [3.05, 3.63) is 30.3 Å². The van der Waals surface area contributed by atoms with Crippen molar-refractivity contribution < 1.29 is 14.6 Å². The zero-order valence-electron chi connectivity index (χ0n) is 13.7. The maximum atomic E-state index is 11.9. The average Bonchev–Trinajstić information content (AvgIpc) is 2.61. The molecule has 3 N–H and O–H groups in total. The molecule has 1 amide bonds. The number of aliphatic hydroxyl groups is 1. The van der Waals surface area contributed by atoms with Gasteiger partial charge < -0.3 is 20.5 Å². The highest BCUT2D eigenvalue weighted by molar-refractivity contribution is 5.78. The molecule has 0 spiro atoms. The van der Waals surface area contributed by atoms with Gasteiger partial charge in [-0.25, -0.2) is 0 Å². The molecule has 2 rings (SSSR count). The third-order valence-corrected chi connectivity index (χ3v) is 4.14. The fraction of sp³-hybridized carbons (Fsp3) is 0.611. The van der Waals surface area contributed by atoms with Gasteiger partial charge in [0.25, 0.3) is 0 Å². The summed E-state index contributed by atoms with van der Waals surface area (Å²) in [6.45, 7) is 1.96. The van der Waals surface area contributed by atoms with Gasteiger partial charge in [0.15, 0.2) is 0 Å². The maximum absolute atomic E-state index is 11.9. The Balaban J connectivity index is 1.48. The van der Waals surface area contributed by atoms with Gasteiger partial charge in [-0.05, 0) is 25.0 Å². The Hall–Kier alpha value is -1.59. The minimum absolute atomic E-state index is 0.180. The minimum atomic E-state index is -0.566. The highest BCUT2D eigenvalue weighted by atomic mass is 16.5. The number of aliphatic hydroxyl groups excluding tert-OH is 1. The second-order valence-corrected chi connectivity index (χ2v) is 6.11. The number of carbonyl (C=O) groups excluding carboxylic acids is 1. The molecule has 0 aromatic heterocycles. The number of nitrogens with one attached hydrogen (secondary N) is 2. The van der Waals surface area contributed by atoms with Gasteiger partial charge in [0.2, 0.25) is 5.91 Å². The molecule has 1 fully saturated rings. The van der Waals surface area contributed by atoms with E-state index in [1.54, 1.807) is 0 Å². The van der Waals surface area contributed by atoms with Crippen molar-refractivity contribution in [2.45, 2.75) is 38.2 Å². The van der Waals surface area contributed by atoms with E-state index in [9.17, 15) is 9.90 Å². The van der Waals surface area contributed by atoms with E-state index in [1.807, 2.05) is 30.3 Å². The normalized spacial score (nSPS) is 16.7. The van der Waals surface area contributed by atoms with E-state index < -0.39 is 6.10 Å². The van der Waals surface area contributed by atoms with Crippen molar-refractivity contribution >= 4 is 5.91 Å². The lowest BCUT2D eigenvalue weighted by molar-refractivity contribution is -0.125. The van der Waals surface area contributed by atoms with Crippen LogP contribution in [0.4, 0.5) is 0 Å². The first-order valence-electron chi connectivity index (χ1n) is 8.60. The molecule has 0 bridgehead atoms. The van der Waals surface area contributed by atoms with Gasteiger partial charge in [-0.3, -0.25) is 4.79 Å². The van der Waals surface area contributed by atoms with Crippen molar-refractivity contribution in [2.24, 2.45) is 5.92 Å². The monoisotopic (exact) mass is 320 g/mol. The van der Waals surface area contributed by atoms with Crippen LogP contribution in [0.25, 0.3) is 0 Å². The predicted octanol–water partition coefficient (Wildman–Crippen LogP) is 1.71. The largest absolute Gasteiger partial charge is 0.491 e. The molecule has 0 aliphatic heterocycles. The highest BCUT2D eigenvalue weighted by Crippen LogP contribution is 2.23. The molecule has 5 heteroatoms. The van der Waals surface area contributed by atoms with Gasteiger partial charge in [-0.1, -0.05) is 37.5 Å². The number of rotatable bonds is 9. The first kappa shape index (κ1) is 17.8. The Morgan fingerprint density at radius 3 is 2.65 bits per heavy atom. The maximum Gasteiger partial charge on any atom is 0.223 e. The lowest BCUT2D eigenvalue weighted by atomic mass is 9.89. The molecule has 23 heavy (non-hydrogen) atoms. The van der Waals surface area contributed by atoms with Crippen molar-refractivity contribution in [1.29, 1.82) is 0 Å². The summed E-state index contributed by atoms with van der Waals surface area (Å²) >= 11 is 0. The van der Waals surface area contributed by atoms with Crippen LogP contribution in [0.15, 0.2) is 30.3 Å². The highest BCUT2D eigenvalue weighted by Gasteiger charge is 2.20. The number of hydrogen-bond acceptors (Lipinski definition) is 4. The number of ether oxygens (including phenoxy) is 1. The van der Waals surface area contributed by atoms with E-state index in [0.29, 0.717) is 19.6 Å². The molecule has 0 radical (unpaired) electrons. The molecule has 0 heterocycles. The van der Waals surface area contributed by atoms with E-state index in [0.717, 1.165) is 18.6 Å². The SMILES string of the molecule is O=C(NCCNC[C@@H](O)COc1ccccc1)C1CCCCC1. The van der Waals surface area contributed by atoms with Gasteiger partial charge >= 0.3 is 0 Å². The van der Waals surface area contributed by atoms with Crippen LogP contribution in [0.5, 0.6) is 5.75 Å². The lowest BCUT2D eigenvalue weighted by Crippen LogP contribution is -2.39. The Morgan fingerprint density at radius 2 is 1.91 bits per heavy atom. The number of hydrogen-bond donors (Lipinski definition) is 3. The van der Waals surface area contributed by atoms with Crippen molar-refractivity contribution in [3.63, 3.8) is 0 Å². The summed E-state index contributed by atoms with van der Waals surface area (Å²) in [6.07, 6.45) is 5.08. The molecule has 1 aliphatic rings. The average molecular weight is 320 g/mol. The van der Waals surface area contributed by atoms with Crippen molar-refractivity contribution in [1.82, 2.24) is 10.6 Å². The van der Waals surface area contributed by atoms with Gasteiger partial charge in [-0.15, -0.1) is 0 Å². The summed E-state index contributed by atoms with van der Waals surface area (Å²) in [4.78, 5) is 11.9. The standard InChI is InChI=1S/C18H28N2O3/c21-16(14-23-17-9-5-2-6-10-17)13-19-11-12-20-18(22)15-7-3-1-4-8-15/h2,5-6,9-10,15-16,19,21H,1,3-4,7-8,11-14H2,(H,20,22)/t16-/m1/s1. The molecular weight excluding hydrogens is 292 g/mol. The van der Waals surface area contributed by atoms with E-state index in [4.69, 9.17) is 4.74 Å². The van der Waals surface area contributed by atoms with Gasteiger partial charge in [0, 0.05) is 25.6 Å². The molecule has 0 saturated heterocycles. The van der Waals surface area contributed by atoms with E-state index in [-0.39, 0.29) is 18.4 Å². The Morgan fingerprint density at radius 1 is 1.17 bits per heavy atom. The molecular formula is C18H28N2O3. The van der Waals surface area contributed by atoms with E-state index in [1.165, 1.54) is 19.3 Å². The van der Waals surface area contributed by atoms with Crippen LogP contribution in [0.2, 0.25) is 0 Å². The fourth-order valence-electron chi connectivity index (χ4n) is 2.82. The first-order chi connectivity index (χ1) is 11.3. The second kappa shape index (κ2) is 10.2. The smallest absolute Gasteiger partial charge is 0.223 e. The first-order valence-corrected chi connectivity index (χ1v) is 8.60. The summed E-state index contributed by atoms with van der Waals surface area (Å²) in [6, 6.07) is 9.44. The van der Waals surface area contributed by atoms with Crippen LogP contribution >= 0.6 is 0 Å². The number of carbonyl (C=O) groups is 1. The molecule has 0 unspecified atom stereocenters. The summed E-state index contributed by atoms with van der Waals surface area (Å²) in [5.41, 5.74) is 0. The number of para-hydroxylation sites is 1. The number of benzene rings is 1. The third-order valence-electron chi connectivity index (χ3n) is 4.14. The Labute approximate surface area is 138 Å². The third kappa shape index (κ3) is 7.01. The van der Waals surface area contributed by atoms with Crippen LogP contribution in [0, 0.1) is 5.92 Å². The molecule has 1 aromatic rings.